The average Bonchev–Trinajstić information content (AvgIpc) is 3.29. The maximum absolute atomic E-state index is 12.2. The van der Waals surface area contributed by atoms with Gasteiger partial charge in [-0.2, -0.15) is 15.3 Å². The number of aromatic nitrogens is 7. The van der Waals surface area contributed by atoms with Crippen LogP contribution >= 0.6 is 0 Å². The van der Waals surface area contributed by atoms with Crippen LogP contribution in [0, 0.1) is 0 Å². The lowest BCUT2D eigenvalue weighted by Gasteiger charge is -2.06. The molecule has 124 valence electrons. The van der Waals surface area contributed by atoms with Gasteiger partial charge in [0.15, 0.2) is 5.82 Å². The van der Waals surface area contributed by atoms with Crippen LogP contribution in [0.3, 0.4) is 0 Å². The van der Waals surface area contributed by atoms with Gasteiger partial charge in [0.05, 0.1) is 12.4 Å². The van der Waals surface area contributed by atoms with E-state index < -0.39 is 0 Å². The fraction of sp³-hybridized carbons (Fsp3) is 0.118. The maximum Gasteiger partial charge on any atom is 0.203 e. The van der Waals surface area contributed by atoms with Crippen LogP contribution in [0.5, 0.6) is 0 Å². The zero-order valence-corrected chi connectivity index (χ0v) is 13.5. The Labute approximate surface area is 142 Å². The van der Waals surface area contributed by atoms with E-state index in [1.54, 1.807) is 21.8 Å². The van der Waals surface area contributed by atoms with Crippen molar-refractivity contribution in [2.75, 3.05) is 0 Å². The average molecular weight is 333 g/mol. The standard InChI is InChI=1S/C17H15N7O/c1-23-10-14(9-20-23)24-6-5-16(25)15(22-24)8-12-3-2-4-13(7-12)17-18-11-19-21-17/h2-7,9-11H,8H2,1H3,(H,18,19,21). The number of hydrogen-bond donors (Lipinski definition) is 1. The summed E-state index contributed by atoms with van der Waals surface area (Å²) in [5.41, 5.74) is 3.08. The molecule has 0 aliphatic carbocycles. The first-order valence-electron chi connectivity index (χ1n) is 7.71. The van der Waals surface area contributed by atoms with Crippen molar-refractivity contribution in [3.05, 3.63) is 76.7 Å². The Morgan fingerprint density at radius 2 is 2.16 bits per heavy atom. The van der Waals surface area contributed by atoms with Crippen molar-refractivity contribution >= 4 is 0 Å². The predicted octanol–water partition coefficient (Wildman–Crippen LogP) is 1.34. The summed E-state index contributed by atoms with van der Waals surface area (Å²) in [6, 6.07) is 9.33. The van der Waals surface area contributed by atoms with E-state index in [1.807, 2.05) is 37.5 Å². The molecule has 4 rings (SSSR count). The van der Waals surface area contributed by atoms with Gasteiger partial charge in [-0.1, -0.05) is 18.2 Å². The molecule has 4 aromatic rings. The third-order valence-corrected chi connectivity index (χ3v) is 3.82. The summed E-state index contributed by atoms with van der Waals surface area (Å²) in [5.74, 6) is 0.690. The van der Waals surface area contributed by atoms with Crippen LogP contribution in [-0.2, 0) is 13.5 Å². The highest BCUT2D eigenvalue weighted by molar-refractivity contribution is 5.55. The normalized spacial score (nSPS) is 10.9. The summed E-state index contributed by atoms with van der Waals surface area (Å²) in [5, 5.41) is 15.3. The van der Waals surface area contributed by atoms with Gasteiger partial charge in [-0.05, 0) is 11.6 Å². The lowest BCUT2D eigenvalue weighted by Crippen LogP contribution is -2.16. The van der Waals surface area contributed by atoms with Crippen molar-refractivity contribution in [1.82, 2.24) is 34.7 Å². The molecule has 0 bridgehead atoms. The molecular weight excluding hydrogens is 318 g/mol. The van der Waals surface area contributed by atoms with Gasteiger partial charge in [0.2, 0.25) is 5.43 Å². The lowest BCUT2D eigenvalue weighted by atomic mass is 10.1. The monoisotopic (exact) mass is 333 g/mol. The Balaban J connectivity index is 1.67. The molecule has 0 fully saturated rings. The smallest absolute Gasteiger partial charge is 0.203 e. The first kappa shape index (κ1) is 15.0. The number of hydrogen-bond acceptors (Lipinski definition) is 5. The molecule has 3 heterocycles. The Hall–Kier alpha value is -3.55. The van der Waals surface area contributed by atoms with E-state index in [9.17, 15) is 4.79 Å². The van der Waals surface area contributed by atoms with E-state index in [0.717, 1.165) is 16.8 Å². The first-order valence-corrected chi connectivity index (χ1v) is 7.71. The molecule has 0 unspecified atom stereocenters. The molecule has 1 aromatic carbocycles. The minimum atomic E-state index is -0.0924. The van der Waals surface area contributed by atoms with E-state index in [1.165, 1.54) is 12.4 Å². The van der Waals surface area contributed by atoms with Gasteiger partial charge in [-0.25, -0.2) is 9.67 Å². The second-order valence-electron chi connectivity index (χ2n) is 5.65. The van der Waals surface area contributed by atoms with Crippen LogP contribution in [0.4, 0.5) is 0 Å². The summed E-state index contributed by atoms with van der Waals surface area (Å²) in [4.78, 5) is 16.4. The molecular formula is C17H15N7O. The summed E-state index contributed by atoms with van der Waals surface area (Å²) in [6.07, 6.45) is 7.08. The van der Waals surface area contributed by atoms with Crippen molar-refractivity contribution in [1.29, 1.82) is 0 Å². The Kier molecular flexibility index (Phi) is 3.70. The van der Waals surface area contributed by atoms with Crippen LogP contribution in [0.15, 0.2) is 60.0 Å². The number of benzene rings is 1. The molecule has 3 aromatic heterocycles. The highest BCUT2D eigenvalue weighted by atomic mass is 16.1. The van der Waals surface area contributed by atoms with E-state index in [-0.39, 0.29) is 5.43 Å². The minimum Gasteiger partial charge on any atom is -0.288 e. The molecule has 8 heteroatoms. The van der Waals surface area contributed by atoms with Gasteiger partial charge >= 0.3 is 0 Å². The highest BCUT2D eigenvalue weighted by Gasteiger charge is 2.08. The summed E-state index contributed by atoms with van der Waals surface area (Å²) >= 11 is 0. The Bertz CT molecular complexity index is 1060. The van der Waals surface area contributed by atoms with Gasteiger partial charge in [0.1, 0.15) is 17.7 Å². The largest absolute Gasteiger partial charge is 0.288 e. The number of nitrogens with one attached hydrogen (secondary N) is 1. The number of H-pyrrole nitrogens is 1. The molecule has 0 amide bonds. The predicted molar refractivity (Wildman–Crippen MR) is 91.2 cm³/mol. The molecule has 25 heavy (non-hydrogen) atoms. The van der Waals surface area contributed by atoms with Gasteiger partial charge in [-0.3, -0.25) is 14.6 Å². The van der Waals surface area contributed by atoms with E-state index in [0.29, 0.717) is 17.9 Å². The van der Waals surface area contributed by atoms with Crippen molar-refractivity contribution in [2.24, 2.45) is 7.05 Å². The number of rotatable bonds is 4. The molecule has 0 aliphatic rings. The fourth-order valence-corrected chi connectivity index (χ4v) is 2.61. The minimum absolute atomic E-state index is 0.0924. The SMILES string of the molecule is Cn1cc(-n2ccc(=O)c(Cc3cccc(-c4ncn[nH]4)c3)n2)cn1. The zero-order chi connectivity index (χ0) is 17.2. The lowest BCUT2D eigenvalue weighted by molar-refractivity contribution is 0.762. The molecule has 8 nitrogen and oxygen atoms in total. The molecule has 0 atom stereocenters. The van der Waals surface area contributed by atoms with E-state index >= 15 is 0 Å². The van der Waals surface area contributed by atoms with Gasteiger partial charge in [0, 0.05) is 31.3 Å². The second kappa shape index (κ2) is 6.16. The van der Waals surface area contributed by atoms with Crippen molar-refractivity contribution < 1.29 is 0 Å². The Morgan fingerprint density at radius 1 is 1.24 bits per heavy atom. The van der Waals surface area contributed by atoms with Crippen LogP contribution in [0.25, 0.3) is 17.1 Å². The highest BCUT2D eigenvalue weighted by Crippen LogP contribution is 2.16. The maximum atomic E-state index is 12.2. The molecule has 0 radical (unpaired) electrons. The fourth-order valence-electron chi connectivity index (χ4n) is 2.61. The number of nitrogens with zero attached hydrogens (tertiary/aromatic N) is 6. The quantitative estimate of drug-likeness (QED) is 0.608. The van der Waals surface area contributed by atoms with E-state index in [2.05, 4.69) is 25.4 Å². The van der Waals surface area contributed by atoms with Crippen LogP contribution in [0.1, 0.15) is 11.3 Å². The first-order chi connectivity index (χ1) is 12.2. The van der Waals surface area contributed by atoms with Crippen LogP contribution in [-0.4, -0.2) is 34.7 Å². The molecule has 1 N–H and O–H groups in total. The topological polar surface area (TPSA) is 94.3 Å². The summed E-state index contributed by atoms with van der Waals surface area (Å²) in [6.45, 7) is 0. The van der Waals surface area contributed by atoms with E-state index in [4.69, 9.17) is 0 Å². The van der Waals surface area contributed by atoms with Crippen LogP contribution in [0.2, 0.25) is 0 Å². The number of aryl methyl sites for hydroxylation is 1. The van der Waals surface area contributed by atoms with Gasteiger partial charge < -0.3 is 0 Å². The van der Waals surface area contributed by atoms with Crippen molar-refractivity contribution in [2.45, 2.75) is 6.42 Å². The van der Waals surface area contributed by atoms with Gasteiger partial charge in [0.25, 0.3) is 0 Å². The third-order valence-electron chi connectivity index (χ3n) is 3.82. The Morgan fingerprint density at radius 3 is 2.92 bits per heavy atom. The van der Waals surface area contributed by atoms with Crippen molar-refractivity contribution in [3.63, 3.8) is 0 Å². The molecule has 0 spiro atoms. The number of aromatic amines is 1. The molecule has 0 saturated heterocycles. The summed E-state index contributed by atoms with van der Waals surface area (Å²) < 4.78 is 3.35. The van der Waals surface area contributed by atoms with Gasteiger partial charge in [-0.15, -0.1) is 0 Å². The zero-order valence-electron chi connectivity index (χ0n) is 13.5. The third kappa shape index (κ3) is 3.09. The molecule has 0 saturated carbocycles. The molecule has 0 aliphatic heterocycles. The van der Waals surface area contributed by atoms with Crippen molar-refractivity contribution in [3.8, 4) is 17.1 Å². The van der Waals surface area contributed by atoms with Crippen LogP contribution < -0.4 is 5.43 Å². The summed E-state index contributed by atoms with van der Waals surface area (Å²) in [7, 11) is 1.84. The second-order valence-corrected chi connectivity index (χ2v) is 5.65.